The van der Waals surface area contributed by atoms with Crippen LogP contribution in [0.2, 0.25) is 0 Å². The van der Waals surface area contributed by atoms with E-state index < -0.39 is 0 Å². The first kappa shape index (κ1) is 11.9. The Kier molecular flexibility index (Phi) is 4.49. The van der Waals surface area contributed by atoms with Crippen LogP contribution in [0.5, 0.6) is 0 Å². The molecule has 0 spiro atoms. The van der Waals surface area contributed by atoms with Gasteiger partial charge in [0, 0.05) is 32.0 Å². The van der Waals surface area contributed by atoms with Crippen LogP contribution in [0.15, 0.2) is 12.4 Å². The third-order valence-electron chi connectivity index (χ3n) is 2.03. The van der Waals surface area contributed by atoms with Gasteiger partial charge in [0.1, 0.15) is 0 Å². The van der Waals surface area contributed by atoms with Crippen LogP contribution < -0.4 is 10.6 Å². The third-order valence-corrected chi connectivity index (χ3v) is 2.03. The van der Waals surface area contributed by atoms with Crippen molar-refractivity contribution in [3.8, 4) is 0 Å². The average Bonchev–Trinajstić information content (AvgIpc) is 2.17. The van der Waals surface area contributed by atoms with Gasteiger partial charge in [-0.05, 0) is 18.4 Å². The largest absolute Gasteiger partial charge is 0.339 e. The molecular weight excluding hydrogens is 188 g/mol. The first-order chi connectivity index (χ1) is 7.13. The summed E-state index contributed by atoms with van der Waals surface area (Å²) >= 11 is 0. The summed E-state index contributed by atoms with van der Waals surface area (Å²) in [5, 5.41) is 0. The van der Waals surface area contributed by atoms with Crippen molar-refractivity contribution in [2.45, 2.75) is 20.8 Å². The van der Waals surface area contributed by atoms with E-state index in [2.05, 4.69) is 28.7 Å². The van der Waals surface area contributed by atoms with Crippen molar-refractivity contribution in [3.05, 3.63) is 18.0 Å². The van der Waals surface area contributed by atoms with Crippen LogP contribution in [0.1, 0.15) is 19.4 Å². The zero-order valence-electron chi connectivity index (χ0n) is 9.77. The Morgan fingerprint density at radius 2 is 1.93 bits per heavy atom. The van der Waals surface area contributed by atoms with Gasteiger partial charge in [0.05, 0.1) is 0 Å². The Labute approximate surface area is 91.5 Å². The van der Waals surface area contributed by atoms with Crippen LogP contribution in [0.4, 0.5) is 5.95 Å². The highest BCUT2D eigenvalue weighted by Crippen LogP contribution is 2.08. The zero-order valence-corrected chi connectivity index (χ0v) is 9.77. The predicted octanol–water partition coefficient (Wildman–Crippen LogP) is 1.21. The number of anilines is 1. The molecule has 1 aromatic heterocycles. The Morgan fingerprint density at radius 1 is 1.33 bits per heavy atom. The van der Waals surface area contributed by atoms with Gasteiger partial charge in [-0.15, -0.1) is 0 Å². The lowest BCUT2D eigenvalue weighted by Crippen LogP contribution is -2.34. The van der Waals surface area contributed by atoms with Crippen LogP contribution in [0, 0.1) is 12.8 Å². The molecule has 1 aromatic rings. The van der Waals surface area contributed by atoms with E-state index in [0.29, 0.717) is 12.5 Å². The molecule has 0 aromatic carbocycles. The van der Waals surface area contributed by atoms with Crippen LogP contribution in [0.3, 0.4) is 0 Å². The molecule has 0 amide bonds. The van der Waals surface area contributed by atoms with Gasteiger partial charge in [-0.25, -0.2) is 9.97 Å². The average molecular weight is 208 g/mol. The molecule has 15 heavy (non-hydrogen) atoms. The predicted molar refractivity (Wildman–Crippen MR) is 62.9 cm³/mol. The third kappa shape index (κ3) is 3.83. The van der Waals surface area contributed by atoms with Gasteiger partial charge in [0.25, 0.3) is 0 Å². The molecule has 0 fully saturated rings. The Hall–Kier alpha value is -1.16. The molecule has 2 N–H and O–H groups in total. The Bertz CT molecular complexity index is 281. The summed E-state index contributed by atoms with van der Waals surface area (Å²) in [6.07, 6.45) is 3.68. The quantitative estimate of drug-likeness (QED) is 0.790. The summed E-state index contributed by atoms with van der Waals surface area (Å²) in [6.45, 7) is 8.72. The Morgan fingerprint density at radius 3 is 2.40 bits per heavy atom. The fourth-order valence-electron chi connectivity index (χ4n) is 1.42. The Balaban J connectivity index is 2.74. The van der Waals surface area contributed by atoms with Gasteiger partial charge in [0.2, 0.25) is 5.95 Å². The molecule has 0 atom stereocenters. The maximum atomic E-state index is 5.58. The molecule has 0 radical (unpaired) electrons. The number of hydrogen-bond donors (Lipinski definition) is 1. The van der Waals surface area contributed by atoms with Crippen molar-refractivity contribution in [1.29, 1.82) is 0 Å². The smallest absolute Gasteiger partial charge is 0.225 e. The number of hydrogen-bond acceptors (Lipinski definition) is 4. The SMILES string of the molecule is Cc1cnc(N(CCN)CC(C)C)nc1. The fraction of sp³-hybridized carbons (Fsp3) is 0.636. The van der Waals surface area contributed by atoms with Gasteiger partial charge >= 0.3 is 0 Å². The lowest BCUT2D eigenvalue weighted by atomic mass is 10.2. The molecular formula is C11H20N4. The minimum Gasteiger partial charge on any atom is -0.339 e. The molecule has 84 valence electrons. The maximum absolute atomic E-state index is 5.58. The van der Waals surface area contributed by atoms with Crippen molar-refractivity contribution in [2.75, 3.05) is 24.5 Å². The van der Waals surface area contributed by atoms with Gasteiger partial charge in [-0.1, -0.05) is 13.8 Å². The number of aromatic nitrogens is 2. The molecule has 0 aliphatic rings. The van der Waals surface area contributed by atoms with Crippen molar-refractivity contribution in [3.63, 3.8) is 0 Å². The molecule has 1 heterocycles. The van der Waals surface area contributed by atoms with Crippen LogP contribution in [-0.4, -0.2) is 29.6 Å². The van der Waals surface area contributed by atoms with Crippen molar-refractivity contribution in [2.24, 2.45) is 11.7 Å². The van der Waals surface area contributed by atoms with E-state index in [-0.39, 0.29) is 0 Å². The van der Waals surface area contributed by atoms with E-state index in [9.17, 15) is 0 Å². The second kappa shape index (κ2) is 5.66. The molecule has 4 heteroatoms. The molecule has 0 saturated heterocycles. The van der Waals surface area contributed by atoms with E-state index in [1.807, 2.05) is 19.3 Å². The van der Waals surface area contributed by atoms with Crippen molar-refractivity contribution >= 4 is 5.95 Å². The van der Waals surface area contributed by atoms with Gasteiger partial charge in [-0.2, -0.15) is 0 Å². The van der Waals surface area contributed by atoms with E-state index in [4.69, 9.17) is 5.73 Å². The first-order valence-electron chi connectivity index (χ1n) is 5.37. The normalized spacial score (nSPS) is 10.7. The molecule has 0 aliphatic heterocycles. The van der Waals surface area contributed by atoms with Crippen molar-refractivity contribution < 1.29 is 0 Å². The standard InChI is InChI=1S/C11H20N4/c1-9(2)8-15(5-4-12)11-13-6-10(3)7-14-11/h6-7,9H,4-5,8,12H2,1-3H3. The molecule has 4 nitrogen and oxygen atoms in total. The highest BCUT2D eigenvalue weighted by Gasteiger charge is 2.09. The number of nitrogens with two attached hydrogens (primary N) is 1. The second-order valence-electron chi connectivity index (χ2n) is 4.19. The van der Waals surface area contributed by atoms with Gasteiger partial charge < -0.3 is 10.6 Å². The molecule has 0 bridgehead atoms. The van der Waals surface area contributed by atoms with Crippen LogP contribution in [0.25, 0.3) is 0 Å². The molecule has 0 aliphatic carbocycles. The van der Waals surface area contributed by atoms with Crippen molar-refractivity contribution in [1.82, 2.24) is 9.97 Å². The maximum Gasteiger partial charge on any atom is 0.225 e. The zero-order chi connectivity index (χ0) is 11.3. The monoisotopic (exact) mass is 208 g/mol. The van der Waals surface area contributed by atoms with E-state index in [1.54, 1.807) is 0 Å². The number of nitrogens with zero attached hydrogens (tertiary/aromatic N) is 3. The van der Waals surface area contributed by atoms with E-state index >= 15 is 0 Å². The lowest BCUT2D eigenvalue weighted by molar-refractivity contribution is 0.601. The topological polar surface area (TPSA) is 55.0 Å². The first-order valence-corrected chi connectivity index (χ1v) is 5.37. The lowest BCUT2D eigenvalue weighted by Gasteiger charge is -2.23. The molecule has 0 saturated carbocycles. The summed E-state index contributed by atoms with van der Waals surface area (Å²) in [7, 11) is 0. The van der Waals surface area contributed by atoms with Crippen LogP contribution >= 0.6 is 0 Å². The highest BCUT2D eigenvalue weighted by molar-refractivity contribution is 5.29. The molecule has 0 unspecified atom stereocenters. The summed E-state index contributed by atoms with van der Waals surface area (Å²) in [6, 6.07) is 0. The minimum atomic E-state index is 0.585. The molecule has 1 rings (SSSR count). The second-order valence-corrected chi connectivity index (χ2v) is 4.19. The van der Waals surface area contributed by atoms with E-state index in [1.165, 1.54) is 0 Å². The van der Waals surface area contributed by atoms with E-state index in [0.717, 1.165) is 24.6 Å². The number of rotatable bonds is 5. The minimum absolute atomic E-state index is 0.585. The summed E-state index contributed by atoms with van der Waals surface area (Å²) < 4.78 is 0. The summed E-state index contributed by atoms with van der Waals surface area (Å²) in [5.74, 6) is 1.36. The number of aryl methyl sites for hydroxylation is 1. The summed E-state index contributed by atoms with van der Waals surface area (Å²) in [5.41, 5.74) is 6.65. The van der Waals surface area contributed by atoms with Crippen LogP contribution in [-0.2, 0) is 0 Å². The fourth-order valence-corrected chi connectivity index (χ4v) is 1.42. The highest BCUT2D eigenvalue weighted by atomic mass is 15.2. The van der Waals surface area contributed by atoms with Gasteiger partial charge in [0.15, 0.2) is 0 Å². The van der Waals surface area contributed by atoms with Gasteiger partial charge in [-0.3, -0.25) is 0 Å². The summed E-state index contributed by atoms with van der Waals surface area (Å²) in [4.78, 5) is 10.7.